The molecular formula is C18H29IN4O. The standard InChI is InChI=1S/C18H28N4O.HI/c1-19-17(21-13-15-7-6-11-20-16(15)23-2)22-12-10-18(14-22)8-4-3-5-9-18;/h6-7,11H,3-5,8-10,12-14H2,1-2H3,(H,19,21);1H. The van der Waals surface area contributed by atoms with Crippen LogP contribution in [-0.2, 0) is 6.54 Å². The summed E-state index contributed by atoms with van der Waals surface area (Å²) >= 11 is 0. The second kappa shape index (κ2) is 8.87. The number of aromatic nitrogens is 1. The van der Waals surface area contributed by atoms with Crippen LogP contribution in [0.5, 0.6) is 5.88 Å². The highest BCUT2D eigenvalue weighted by Crippen LogP contribution is 2.43. The van der Waals surface area contributed by atoms with Crippen molar-refractivity contribution in [2.45, 2.75) is 45.1 Å². The lowest BCUT2D eigenvalue weighted by Gasteiger charge is -2.33. The van der Waals surface area contributed by atoms with E-state index in [2.05, 4.69) is 20.2 Å². The van der Waals surface area contributed by atoms with Crippen molar-refractivity contribution in [1.29, 1.82) is 0 Å². The van der Waals surface area contributed by atoms with Crippen molar-refractivity contribution in [3.63, 3.8) is 0 Å². The van der Waals surface area contributed by atoms with Gasteiger partial charge in [0.2, 0.25) is 5.88 Å². The minimum absolute atomic E-state index is 0. The molecule has 1 aliphatic heterocycles. The molecule has 1 saturated heterocycles. The summed E-state index contributed by atoms with van der Waals surface area (Å²) in [5.41, 5.74) is 1.60. The monoisotopic (exact) mass is 444 g/mol. The van der Waals surface area contributed by atoms with Gasteiger partial charge < -0.3 is 15.0 Å². The summed E-state index contributed by atoms with van der Waals surface area (Å²) in [6, 6.07) is 3.98. The van der Waals surface area contributed by atoms with E-state index in [9.17, 15) is 0 Å². The Balaban J connectivity index is 0.00000208. The molecule has 1 N–H and O–H groups in total. The highest BCUT2D eigenvalue weighted by Gasteiger charge is 2.39. The molecule has 0 unspecified atom stereocenters. The van der Waals surface area contributed by atoms with E-state index in [1.54, 1.807) is 13.3 Å². The molecule has 1 aromatic heterocycles. The third-order valence-electron chi connectivity index (χ3n) is 5.34. The average molecular weight is 444 g/mol. The lowest BCUT2D eigenvalue weighted by Crippen LogP contribution is -2.41. The maximum absolute atomic E-state index is 5.32. The van der Waals surface area contributed by atoms with E-state index >= 15 is 0 Å². The number of pyridine rings is 1. The van der Waals surface area contributed by atoms with Gasteiger partial charge in [-0.3, -0.25) is 4.99 Å². The van der Waals surface area contributed by atoms with Crippen molar-refractivity contribution in [3.05, 3.63) is 23.9 Å². The molecule has 0 radical (unpaired) electrons. The Morgan fingerprint density at radius 1 is 1.33 bits per heavy atom. The predicted molar refractivity (Wildman–Crippen MR) is 108 cm³/mol. The lowest BCUT2D eigenvalue weighted by molar-refractivity contribution is 0.203. The van der Waals surface area contributed by atoms with Crippen LogP contribution < -0.4 is 10.1 Å². The quantitative estimate of drug-likeness (QED) is 0.441. The number of rotatable bonds is 3. The predicted octanol–water partition coefficient (Wildman–Crippen LogP) is 3.44. The van der Waals surface area contributed by atoms with Gasteiger partial charge in [0.1, 0.15) is 0 Å². The van der Waals surface area contributed by atoms with Crippen molar-refractivity contribution in [2.75, 3.05) is 27.2 Å². The molecule has 0 bridgehead atoms. The zero-order valence-electron chi connectivity index (χ0n) is 14.8. The average Bonchev–Trinajstić information content (AvgIpc) is 2.99. The molecule has 6 heteroatoms. The maximum atomic E-state index is 5.32. The molecule has 1 aromatic rings. The fourth-order valence-electron chi connectivity index (χ4n) is 4.07. The van der Waals surface area contributed by atoms with E-state index in [1.165, 1.54) is 38.5 Å². The maximum Gasteiger partial charge on any atom is 0.218 e. The normalized spacial score (nSPS) is 19.9. The van der Waals surface area contributed by atoms with Crippen molar-refractivity contribution in [2.24, 2.45) is 10.4 Å². The number of halogens is 1. The van der Waals surface area contributed by atoms with Gasteiger partial charge in [-0.1, -0.05) is 25.3 Å². The van der Waals surface area contributed by atoms with E-state index in [-0.39, 0.29) is 24.0 Å². The molecular weight excluding hydrogens is 415 g/mol. The minimum atomic E-state index is 0. The first kappa shape index (κ1) is 19.3. The largest absolute Gasteiger partial charge is 0.481 e. The van der Waals surface area contributed by atoms with E-state index in [0.29, 0.717) is 17.8 Å². The van der Waals surface area contributed by atoms with Crippen molar-refractivity contribution < 1.29 is 4.74 Å². The molecule has 2 heterocycles. The fraction of sp³-hybridized carbons (Fsp3) is 0.667. The fourth-order valence-corrected chi connectivity index (χ4v) is 4.07. The van der Waals surface area contributed by atoms with E-state index < -0.39 is 0 Å². The summed E-state index contributed by atoms with van der Waals surface area (Å²) in [6.45, 7) is 2.95. The van der Waals surface area contributed by atoms with Gasteiger partial charge in [0.05, 0.1) is 7.11 Å². The van der Waals surface area contributed by atoms with Crippen LogP contribution >= 0.6 is 24.0 Å². The number of nitrogens with zero attached hydrogens (tertiary/aromatic N) is 3. The number of hydrogen-bond donors (Lipinski definition) is 1. The Hall–Kier alpha value is -1.05. The molecule has 0 amide bonds. The van der Waals surface area contributed by atoms with Gasteiger partial charge in [0.15, 0.2) is 5.96 Å². The van der Waals surface area contributed by atoms with E-state index in [0.717, 1.165) is 24.6 Å². The first-order valence-corrected chi connectivity index (χ1v) is 8.70. The van der Waals surface area contributed by atoms with Crippen molar-refractivity contribution >= 4 is 29.9 Å². The van der Waals surface area contributed by atoms with Crippen LogP contribution in [0.15, 0.2) is 23.3 Å². The number of guanidine groups is 1. The number of methoxy groups -OCH3 is 1. The zero-order chi connectivity index (χ0) is 16.1. The lowest BCUT2D eigenvalue weighted by atomic mass is 9.73. The number of likely N-dealkylation sites (tertiary alicyclic amines) is 1. The van der Waals surface area contributed by atoms with E-state index in [4.69, 9.17) is 4.74 Å². The molecule has 2 fully saturated rings. The molecule has 1 aliphatic carbocycles. The van der Waals surface area contributed by atoms with Crippen LogP contribution in [0.4, 0.5) is 0 Å². The summed E-state index contributed by atoms with van der Waals surface area (Å²) in [5, 5.41) is 3.48. The number of hydrogen-bond acceptors (Lipinski definition) is 3. The van der Waals surface area contributed by atoms with E-state index in [1.807, 2.05) is 19.2 Å². The van der Waals surface area contributed by atoms with Crippen LogP contribution in [0.25, 0.3) is 0 Å². The smallest absolute Gasteiger partial charge is 0.218 e. The molecule has 1 spiro atoms. The molecule has 1 saturated carbocycles. The summed E-state index contributed by atoms with van der Waals surface area (Å²) in [5.74, 6) is 1.68. The van der Waals surface area contributed by atoms with Gasteiger partial charge in [0.25, 0.3) is 0 Å². The summed E-state index contributed by atoms with van der Waals surface area (Å²) < 4.78 is 5.32. The van der Waals surface area contributed by atoms with Gasteiger partial charge in [-0.2, -0.15) is 0 Å². The Bertz CT molecular complexity index is 558. The SMILES string of the molecule is CN=C(NCc1cccnc1OC)N1CCC2(CCCCC2)C1.I. The second-order valence-electron chi connectivity index (χ2n) is 6.80. The molecule has 3 rings (SSSR count). The Kier molecular flexibility index (Phi) is 7.13. The van der Waals surface area contributed by atoms with Gasteiger partial charge >= 0.3 is 0 Å². The van der Waals surface area contributed by atoms with Gasteiger partial charge in [0, 0.05) is 38.4 Å². The van der Waals surface area contributed by atoms with Gasteiger partial charge in [-0.15, -0.1) is 24.0 Å². The number of aliphatic imine (C=N–C) groups is 1. The third-order valence-corrected chi connectivity index (χ3v) is 5.34. The Morgan fingerprint density at radius 2 is 2.12 bits per heavy atom. The topological polar surface area (TPSA) is 49.8 Å². The van der Waals surface area contributed by atoms with Crippen LogP contribution in [0.3, 0.4) is 0 Å². The van der Waals surface area contributed by atoms with Crippen LogP contribution in [0, 0.1) is 5.41 Å². The number of ether oxygens (including phenoxy) is 1. The third kappa shape index (κ3) is 4.32. The molecule has 0 aromatic carbocycles. The van der Waals surface area contributed by atoms with Gasteiger partial charge in [-0.05, 0) is 30.7 Å². The Morgan fingerprint density at radius 3 is 2.83 bits per heavy atom. The highest BCUT2D eigenvalue weighted by molar-refractivity contribution is 14.0. The summed E-state index contributed by atoms with van der Waals surface area (Å²) in [4.78, 5) is 11.2. The second-order valence-corrected chi connectivity index (χ2v) is 6.80. The highest BCUT2D eigenvalue weighted by atomic mass is 127. The van der Waals surface area contributed by atoms with Crippen molar-refractivity contribution in [3.8, 4) is 5.88 Å². The molecule has 0 atom stereocenters. The molecule has 2 aliphatic rings. The van der Waals surface area contributed by atoms with Crippen LogP contribution in [0.1, 0.15) is 44.1 Å². The first-order chi connectivity index (χ1) is 11.3. The Labute approximate surface area is 162 Å². The summed E-state index contributed by atoms with van der Waals surface area (Å²) in [7, 11) is 3.53. The van der Waals surface area contributed by atoms with Gasteiger partial charge in [-0.25, -0.2) is 4.98 Å². The van der Waals surface area contributed by atoms with Crippen LogP contribution in [-0.4, -0.2) is 43.1 Å². The minimum Gasteiger partial charge on any atom is -0.481 e. The van der Waals surface area contributed by atoms with Crippen LogP contribution in [0.2, 0.25) is 0 Å². The number of nitrogens with one attached hydrogen (secondary N) is 1. The summed E-state index contributed by atoms with van der Waals surface area (Å²) in [6.07, 6.45) is 10.0. The molecule has 134 valence electrons. The first-order valence-electron chi connectivity index (χ1n) is 8.70. The zero-order valence-corrected chi connectivity index (χ0v) is 17.1. The molecule has 24 heavy (non-hydrogen) atoms. The molecule has 5 nitrogen and oxygen atoms in total. The van der Waals surface area contributed by atoms with Crippen molar-refractivity contribution in [1.82, 2.24) is 15.2 Å².